The van der Waals surface area contributed by atoms with E-state index in [4.69, 9.17) is 10.5 Å². The van der Waals surface area contributed by atoms with Gasteiger partial charge in [0.05, 0.1) is 6.10 Å². The Kier molecular flexibility index (Phi) is 5.50. The maximum atomic E-state index is 6.13. The van der Waals surface area contributed by atoms with Crippen molar-refractivity contribution >= 4 is 22.4 Å². The van der Waals surface area contributed by atoms with Gasteiger partial charge < -0.3 is 20.3 Å². The summed E-state index contributed by atoms with van der Waals surface area (Å²) in [6.45, 7) is 5.40. The van der Waals surface area contributed by atoms with E-state index in [-0.39, 0.29) is 0 Å². The molecular weight excluding hydrogens is 298 g/mol. The molecule has 3 heterocycles. The molecule has 2 N–H and O–H groups in total. The molecule has 22 heavy (non-hydrogen) atoms. The van der Waals surface area contributed by atoms with Crippen molar-refractivity contribution in [3.05, 3.63) is 11.6 Å². The van der Waals surface area contributed by atoms with Crippen molar-refractivity contribution in [1.29, 1.82) is 0 Å². The molecule has 2 aliphatic rings. The zero-order valence-corrected chi connectivity index (χ0v) is 13.8. The van der Waals surface area contributed by atoms with Crippen LogP contribution in [0.4, 0.5) is 5.13 Å². The van der Waals surface area contributed by atoms with Gasteiger partial charge in [0.25, 0.3) is 0 Å². The molecule has 6 nitrogen and oxygen atoms in total. The maximum absolute atomic E-state index is 6.13. The number of hydrogen-bond donors (Lipinski definition) is 1. The highest BCUT2D eigenvalue weighted by Crippen LogP contribution is 2.19. The molecule has 122 valence electrons. The van der Waals surface area contributed by atoms with Crippen LogP contribution in [-0.4, -0.2) is 61.3 Å². The van der Waals surface area contributed by atoms with Crippen molar-refractivity contribution in [2.75, 3.05) is 44.2 Å². The van der Waals surface area contributed by atoms with E-state index in [1.54, 1.807) is 11.3 Å². The van der Waals surface area contributed by atoms with Crippen LogP contribution in [0.3, 0.4) is 0 Å². The van der Waals surface area contributed by atoms with Crippen LogP contribution in [0.2, 0.25) is 0 Å². The summed E-state index contributed by atoms with van der Waals surface area (Å²) in [5.74, 6) is 0.676. The summed E-state index contributed by atoms with van der Waals surface area (Å²) in [6.07, 6.45) is 6.87. The molecule has 0 aliphatic carbocycles. The second-order valence-electron chi connectivity index (χ2n) is 5.81. The molecule has 1 aromatic heterocycles. The third-order valence-electron chi connectivity index (χ3n) is 4.29. The van der Waals surface area contributed by atoms with E-state index in [2.05, 4.69) is 19.8 Å². The highest BCUT2D eigenvalue weighted by atomic mass is 32.1. The van der Waals surface area contributed by atoms with Gasteiger partial charge in [-0.25, -0.2) is 4.98 Å². The first-order chi connectivity index (χ1) is 10.8. The topological polar surface area (TPSA) is 67.0 Å². The molecule has 0 spiro atoms. The number of nitrogens with zero attached hydrogens (tertiary/aromatic N) is 4. The van der Waals surface area contributed by atoms with Crippen molar-refractivity contribution in [2.24, 2.45) is 10.7 Å². The van der Waals surface area contributed by atoms with E-state index in [0.717, 1.165) is 50.9 Å². The summed E-state index contributed by atoms with van der Waals surface area (Å²) < 4.78 is 5.72. The van der Waals surface area contributed by atoms with Crippen molar-refractivity contribution < 1.29 is 4.74 Å². The summed E-state index contributed by atoms with van der Waals surface area (Å²) in [4.78, 5) is 13.4. The predicted molar refractivity (Wildman–Crippen MR) is 90.6 cm³/mol. The molecule has 0 bridgehead atoms. The first kappa shape index (κ1) is 15.6. The smallest absolute Gasteiger partial charge is 0.191 e. The van der Waals surface area contributed by atoms with Crippen LogP contribution in [0.5, 0.6) is 0 Å². The van der Waals surface area contributed by atoms with Gasteiger partial charge in [-0.3, -0.25) is 4.99 Å². The standard InChI is InChI=1S/C15H25N5OS/c16-14(17-5-4-13-3-1-2-11-21-13)19-7-9-20(10-8-19)15-18-6-12-22-15/h6,12-13H,1-5,7-11H2,(H2,16,17). The molecule has 1 aromatic rings. The average Bonchev–Trinajstić information content (AvgIpc) is 3.10. The van der Waals surface area contributed by atoms with Crippen molar-refractivity contribution in [3.8, 4) is 0 Å². The Morgan fingerprint density at radius 1 is 1.36 bits per heavy atom. The first-order valence-corrected chi connectivity index (χ1v) is 9.02. The summed E-state index contributed by atoms with van der Waals surface area (Å²) in [5.41, 5.74) is 6.13. The summed E-state index contributed by atoms with van der Waals surface area (Å²) in [5, 5.41) is 3.12. The second kappa shape index (κ2) is 7.78. The molecule has 0 aromatic carbocycles. The van der Waals surface area contributed by atoms with Gasteiger partial charge in [-0.15, -0.1) is 11.3 Å². The molecule has 0 saturated carbocycles. The normalized spacial score (nSPS) is 23.8. The number of thiazole rings is 1. The highest BCUT2D eigenvalue weighted by molar-refractivity contribution is 7.13. The number of nitrogens with two attached hydrogens (primary N) is 1. The van der Waals surface area contributed by atoms with Crippen LogP contribution in [0.25, 0.3) is 0 Å². The molecule has 0 amide bonds. The number of piperazine rings is 1. The molecule has 3 rings (SSSR count). The third kappa shape index (κ3) is 4.10. The molecule has 7 heteroatoms. The second-order valence-corrected chi connectivity index (χ2v) is 6.68. The largest absolute Gasteiger partial charge is 0.378 e. The van der Waals surface area contributed by atoms with Crippen LogP contribution in [0.15, 0.2) is 16.6 Å². The zero-order chi connectivity index (χ0) is 15.2. The van der Waals surface area contributed by atoms with E-state index in [0.29, 0.717) is 12.1 Å². The lowest BCUT2D eigenvalue weighted by Crippen LogP contribution is -2.51. The third-order valence-corrected chi connectivity index (χ3v) is 5.12. The molecule has 1 atom stereocenters. The van der Waals surface area contributed by atoms with Gasteiger partial charge in [0.15, 0.2) is 11.1 Å². The average molecular weight is 323 g/mol. The Balaban J connectivity index is 1.41. The maximum Gasteiger partial charge on any atom is 0.191 e. The number of guanidine groups is 1. The summed E-state index contributed by atoms with van der Waals surface area (Å²) in [7, 11) is 0. The van der Waals surface area contributed by atoms with Gasteiger partial charge >= 0.3 is 0 Å². The van der Waals surface area contributed by atoms with Gasteiger partial charge in [0, 0.05) is 50.9 Å². The van der Waals surface area contributed by atoms with Crippen LogP contribution >= 0.6 is 11.3 Å². The molecule has 2 fully saturated rings. The van der Waals surface area contributed by atoms with Crippen molar-refractivity contribution in [1.82, 2.24) is 9.88 Å². The predicted octanol–water partition coefficient (Wildman–Crippen LogP) is 1.54. The zero-order valence-electron chi connectivity index (χ0n) is 13.0. The van der Waals surface area contributed by atoms with E-state index in [1.807, 2.05) is 11.6 Å². The Morgan fingerprint density at radius 2 is 2.23 bits per heavy atom. The van der Waals surface area contributed by atoms with Crippen LogP contribution in [0.1, 0.15) is 25.7 Å². The molecule has 2 aliphatic heterocycles. The lowest BCUT2D eigenvalue weighted by atomic mass is 10.1. The molecular formula is C15H25N5OS. The number of ether oxygens (including phenoxy) is 1. The number of aromatic nitrogens is 1. The quantitative estimate of drug-likeness (QED) is 0.672. The Morgan fingerprint density at radius 3 is 2.91 bits per heavy atom. The lowest BCUT2D eigenvalue weighted by Gasteiger charge is -2.35. The fraction of sp³-hybridized carbons (Fsp3) is 0.733. The monoisotopic (exact) mass is 323 g/mol. The summed E-state index contributed by atoms with van der Waals surface area (Å²) in [6, 6.07) is 0. The molecule has 1 unspecified atom stereocenters. The van der Waals surface area contributed by atoms with Crippen LogP contribution in [-0.2, 0) is 4.74 Å². The van der Waals surface area contributed by atoms with Crippen LogP contribution in [0, 0.1) is 0 Å². The lowest BCUT2D eigenvalue weighted by molar-refractivity contribution is 0.0129. The Hall–Kier alpha value is -1.34. The number of hydrogen-bond acceptors (Lipinski definition) is 5. The van der Waals surface area contributed by atoms with Crippen molar-refractivity contribution in [2.45, 2.75) is 31.8 Å². The minimum atomic E-state index is 0.382. The minimum absolute atomic E-state index is 0.382. The summed E-state index contributed by atoms with van der Waals surface area (Å²) >= 11 is 1.69. The number of anilines is 1. The van der Waals surface area contributed by atoms with E-state index >= 15 is 0 Å². The van der Waals surface area contributed by atoms with Crippen molar-refractivity contribution in [3.63, 3.8) is 0 Å². The van der Waals surface area contributed by atoms with E-state index in [9.17, 15) is 0 Å². The van der Waals surface area contributed by atoms with Gasteiger partial charge in [-0.1, -0.05) is 0 Å². The van der Waals surface area contributed by atoms with Gasteiger partial charge in [0.2, 0.25) is 0 Å². The van der Waals surface area contributed by atoms with Gasteiger partial charge in [-0.2, -0.15) is 0 Å². The number of rotatable bonds is 4. The molecule has 0 radical (unpaired) electrons. The minimum Gasteiger partial charge on any atom is -0.378 e. The first-order valence-electron chi connectivity index (χ1n) is 8.14. The van der Waals surface area contributed by atoms with Crippen LogP contribution < -0.4 is 10.6 Å². The highest BCUT2D eigenvalue weighted by Gasteiger charge is 2.20. The SMILES string of the molecule is NC(=NCCC1CCCCO1)N1CCN(c2nccs2)CC1. The van der Waals surface area contributed by atoms with E-state index < -0.39 is 0 Å². The Labute approximate surface area is 136 Å². The Bertz CT molecular complexity index is 464. The molecule has 2 saturated heterocycles. The fourth-order valence-corrected chi connectivity index (χ4v) is 3.65. The number of aliphatic imine (C=N–C) groups is 1. The van der Waals surface area contributed by atoms with Gasteiger partial charge in [-0.05, 0) is 25.7 Å². The van der Waals surface area contributed by atoms with Gasteiger partial charge in [0.1, 0.15) is 0 Å². The fourth-order valence-electron chi connectivity index (χ4n) is 2.96. The van der Waals surface area contributed by atoms with E-state index in [1.165, 1.54) is 19.3 Å².